The van der Waals surface area contributed by atoms with Crippen molar-refractivity contribution in [3.8, 4) is 0 Å². The predicted octanol–water partition coefficient (Wildman–Crippen LogP) is 2.69. The van der Waals surface area contributed by atoms with E-state index < -0.39 is 0 Å². The van der Waals surface area contributed by atoms with Crippen LogP contribution in [-0.4, -0.2) is 47.4 Å². The van der Waals surface area contributed by atoms with Gasteiger partial charge < -0.3 is 10.6 Å². The second kappa shape index (κ2) is 9.06. The van der Waals surface area contributed by atoms with E-state index in [1.165, 1.54) is 15.9 Å². The van der Waals surface area contributed by atoms with Crippen LogP contribution in [0.1, 0.15) is 30.2 Å². The number of piperazine rings is 1. The average molecular weight is 382 g/mol. The van der Waals surface area contributed by atoms with Gasteiger partial charge >= 0.3 is 0 Å². The first-order chi connectivity index (χ1) is 13.5. The van der Waals surface area contributed by atoms with Gasteiger partial charge in [-0.05, 0) is 39.3 Å². The summed E-state index contributed by atoms with van der Waals surface area (Å²) >= 11 is 0. The minimum absolute atomic E-state index is 0.192. The van der Waals surface area contributed by atoms with Crippen LogP contribution in [0.15, 0.2) is 35.1 Å². The summed E-state index contributed by atoms with van der Waals surface area (Å²) in [5, 5.41) is 4.44. The van der Waals surface area contributed by atoms with Crippen molar-refractivity contribution in [2.75, 3.05) is 43.4 Å². The summed E-state index contributed by atoms with van der Waals surface area (Å²) in [6.07, 6.45) is 4.61. The number of benzene rings is 1. The molecule has 0 unspecified atom stereocenters. The van der Waals surface area contributed by atoms with Crippen LogP contribution >= 0.6 is 0 Å². The molecule has 2 aromatic rings. The molecule has 6 nitrogen and oxygen atoms in total. The van der Waals surface area contributed by atoms with Gasteiger partial charge in [-0.2, -0.15) is 5.10 Å². The Morgan fingerprint density at radius 2 is 1.75 bits per heavy atom. The van der Waals surface area contributed by atoms with Crippen molar-refractivity contribution in [3.05, 3.63) is 57.5 Å². The second-order valence-electron chi connectivity index (χ2n) is 7.46. The van der Waals surface area contributed by atoms with Crippen LogP contribution in [0.3, 0.4) is 0 Å². The van der Waals surface area contributed by atoms with Crippen LogP contribution in [0.4, 0.5) is 11.4 Å². The number of hydrogen-bond acceptors (Lipinski definition) is 5. The van der Waals surface area contributed by atoms with E-state index in [2.05, 4.69) is 46.1 Å². The molecule has 0 atom stereocenters. The molecular formula is C22H31N5O. The van der Waals surface area contributed by atoms with Gasteiger partial charge in [0, 0.05) is 50.5 Å². The van der Waals surface area contributed by atoms with Crippen molar-refractivity contribution in [2.45, 2.75) is 33.7 Å². The number of anilines is 2. The van der Waals surface area contributed by atoms with Crippen molar-refractivity contribution < 1.29 is 0 Å². The molecule has 2 heterocycles. The summed E-state index contributed by atoms with van der Waals surface area (Å²) in [6, 6.07) is 8.74. The first kappa shape index (κ1) is 20.1. The van der Waals surface area contributed by atoms with Crippen molar-refractivity contribution in [2.24, 2.45) is 0 Å². The fourth-order valence-corrected chi connectivity index (χ4v) is 3.69. The lowest BCUT2D eigenvalue weighted by Gasteiger charge is -2.36. The first-order valence-electron chi connectivity index (χ1n) is 10.0. The lowest BCUT2D eigenvalue weighted by Crippen LogP contribution is -2.46. The fraction of sp³-hybridized carbons (Fsp3) is 0.455. The normalized spacial score (nSPS) is 15.5. The quantitative estimate of drug-likeness (QED) is 0.833. The van der Waals surface area contributed by atoms with E-state index in [0.29, 0.717) is 6.54 Å². The zero-order chi connectivity index (χ0) is 20.1. The third-order valence-corrected chi connectivity index (χ3v) is 5.36. The molecule has 6 heteroatoms. The van der Waals surface area contributed by atoms with Crippen LogP contribution < -0.4 is 16.2 Å². The Balaban J connectivity index is 1.51. The molecule has 1 fully saturated rings. The molecule has 3 rings (SSSR count). The van der Waals surface area contributed by atoms with Gasteiger partial charge in [0.25, 0.3) is 5.56 Å². The molecule has 2 N–H and O–H groups in total. The van der Waals surface area contributed by atoms with Gasteiger partial charge in [-0.3, -0.25) is 9.69 Å². The lowest BCUT2D eigenvalue weighted by molar-refractivity contribution is 0.248. The lowest BCUT2D eigenvalue weighted by atomic mass is 10.1. The largest absolute Gasteiger partial charge is 0.394 e. The van der Waals surface area contributed by atoms with Crippen molar-refractivity contribution in [3.63, 3.8) is 0 Å². The Hall–Kier alpha value is -2.60. The summed E-state index contributed by atoms with van der Waals surface area (Å²) in [5.41, 5.74) is 10.2. The smallest absolute Gasteiger partial charge is 0.290 e. The van der Waals surface area contributed by atoms with Gasteiger partial charge in [0.2, 0.25) is 0 Å². The van der Waals surface area contributed by atoms with Gasteiger partial charge in [0.1, 0.15) is 5.69 Å². The second-order valence-corrected chi connectivity index (χ2v) is 7.46. The predicted molar refractivity (Wildman–Crippen MR) is 117 cm³/mol. The zero-order valence-corrected chi connectivity index (χ0v) is 17.2. The average Bonchev–Trinajstić information content (AvgIpc) is 2.70. The Bertz CT molecular complexity index is 877. The number of aromatic nitrogens is 2. The van der Waals surface area contributed by atoms with Crippen LogP contribution in [0.25, 0.3) is 6.08 Å². The summed E-state index contributed by atoms with van der Waals surface area (Å²) in [6.45, 7) is 11.6. The standard InChI is InChI=1S/C22H31N5O/c1-4-6-20-18(3)24-27(22(28)21(20)23)12-5-11-25-13-15-26(16-14-25)19-9-7-17(2)8-10-19/h4,6-10H,5,11-16,23H2,1-3H3/b6-4+. The van der Waals surface area contributed by atoms with Gasteiger partial charge in [0.15, 0.2) is 0 Å². The number of rotatable bonds is 6. The maximum atomic E-state index is 12.4. The van der Waals surface area contributed by atoms with Gasteiger partial charge in [-0.25, -0.2) is 4.68 Å². The number of aryl methyl sites for hydroxylation is 3. The van der Waals surface area contributed by atoms with E-state index in [1.807, 2.05) is 26.0 Å². The van der Waals surface area contributed by atoms with E-state index in [1.54, 1.807) is 0 Å². The number of nitrogen functional groups attached to an aromatic ring is 1. The van der Waals surface area contributed by atoms with Crippen molar-refractivity contribution in [1.29, 1.82) is 0 Å². The maximum Gasteiger partial charge on any atom is 0.290 e. The molecule has 0 saturated carbocycles. The summed E-state index contributed by atoms with van der Waals surface area (Å²) < 4.78 is 1.51. The number of nitrogens with zero attached hydrogens (tertiary/aromatic N) is 4. The highest BCUT2D eigenvalue weighted by Crippen LogP contribution is 2.17. The molecule has 0 radical (unpaired) electrons. The Morgan fingerprint density at radius 3 is 2.39 bits per heavy atom. The highest BCUT2D eigenvalue weighted by Gasteiger charge is 2.17. The number of nitrogens with two attached hydrogens (primary N) is 1. The third-order valence-electron chi connectivity index (χ3n) is 5.36. The molecule has 0 bridgehead atoms. The Morgan fingerprint density at radius 1 is 1.07 bits per heavy atom. The molecule has 150 valence electrons. The van der Waals surface area contributed by atoms with Crippen LogP contribution in [0.5, 0.6) is 0 Å². The summed E-state index contributed by atoms with van der Waals surface area (Å²) in [7, 11) is 0. The number of hydrogen-bond donors (Lipinski definition) is 1. The molecule has 1 saturated heterocycles. The monoisotopic (exact) mass is 381 g/mol. The van der Waals surface area contributed by atoms with E-state index >= 15 is 0 Å². The third kappa shape index (κ3) is 4.62. The maximum absolute atomic E-state index is 12.4. The fourth-order valence-electron chi connectivity index (χ4n) is 3.69. The molecule has 28 heavy (non-hydrogen) atoms. The van der Waals surface area contributed by atoms with E-state index in [-0.39, 0.29) is 11.2 Å². The van der Waals surface area contributed by atoms with Crippen LogP contribution in [0, 0.1) is 13.8 Å². The highest BCUT2D eigenvalue weighted by atomic mass is 16.1. The summed E-state index contributed by atoms with van der Waals surface area (Å²) in [5.74, 6) is 0. The molecule has 1 aliphatic rings. The highest BCUT2D eigenvalue weighted by molar-refractivity contribution is 5.64. The molecule has 1 aromatic heterocycles. The number of allylic oxidation sites excluding steroid dienone is 1. The summed E-state index contributed by atoms with van der Waals surface area (Å²) in [4.78, 5) is 17.3. The van der Waals surface area contributed by atoms with E-state index in [9.17, 15) is 4.79 Å². The minimum Gasteiger partial charge on any atom is -0.394 e. The van der Waals surface area contributed by atoms with Crippen LogP contribution in [-0.2, 0) is 6.54 Å². The van der Waals surface area contributed by atoms with E-state index in [4.69, 9.17) is 5.73 Å². The molecule has 1 aliphatic heterocycles. The Labute approximate surface area is 167 Å². The van der Waals surface area contributed by atoms with Gasteiger partial charge in [-0.15, -0.1) is 0 Å². The van der Waals surface area contributed by atoms with Crippen LogP contribution in [0.2, 0.25) is 0 Å². The van der Waals surface area contributed by atoms with E-state index in [0.717, 1.165) is 50.4 Å². The van der Waals surface area contributed by atoms with Crippen molar-refractivity contribution >= 4 is 17.5 Å². The van der Waals surface area contributed by atoms with Crippen molar-refractivity contribution in [1.82, 2.24) is 14.7 Å². The Kier molecular flexibility index (Phi) is 6.52. The topological polar surface area (TPSA) is 67.4 Å². The molecule has 0 aliphatic carbocycles. The molecule has 0 amide bonds. The van der Waals surface area contributed by atoms with Gasteiger partial charge in [-0.1, -0.05) is 29.8 Å². The first-order valence-corrected chi connectivity index (χ1v) is 10.0. The minimum atomic E-state index is -0.192. The molecule has 1 aromatic carbocycles. The SMILES string of the molecule is C/C=C/c1c(C)nn(CCCN2CCN(c3ccc(C)cc3)CC2)c(=O)c1N. The molecule has 0 spiro atoms. The zero-order valence-electron chi connectivity index (χ0n) is 17.2. The molecular weight excluding hydrogens is 350 g/mol. The van der Waals surface area contributed by atoms with Gasteiger partial charge in [0.05, 0.1) is 5.69 Å².